The third-order valence-corrected chi connectivity index (χ3v) is 5.75. The number of alkyl halides is 3. The van der Waals surface area contributed by atoms with Gasteiger partial charge in [-0.2, -0.15) is 10.4 Å². The number of rotatable bonds is 4. The summed E-state index contributed by atoms with van der Waals surface area (Å²) in [6.07, 6.45) is -0.980. The van der Waals surface area contributed by atoms with E-state index in [9.17, 15) is 28.0 Å². The lowest BCUT2D eigenvalue weighted by Gasteiger charge is -2.22. The normalized spacial score (nSPS) is 22.4. The SMILES string of the molecule is N#Cc1cc([C@H]2C[C@@H]2c2cc(C3CNC(=O)NC3=O)nn3ccnc23)ccc1OC(F)(F)F. The number of ether oxygens (including phenoxy) is 1. The molecule has 0 spiro atoms. The number of carbonyl (C=O) groups is 2. The minimum absolute atomic E-state index is 0.0289. The molecular weight excluding hydrogens is 441 g/mol. The number of fused-ring (bicyclic) bond motifs is 1. The third kappa shape index (κ3) is 3.93. The van der Waals surface area contributed by atoms with Gasteiger partial charge in [-0.1, -0.05) is 6.07 Å². The Kier molecular flexibility index (Phi) is 4.70. The number of nitriles is 1. The van der Waals surface area contributed by atoms with E-state index in [1.165, 1.54) is 12.1 Å². The number of halogens is 3. The molecule has 2 fully saturated rings. The van der Waals surface area contributed by atoms with Crippen LogP contribution in [0.15, 0.2) is 36.7 Å². The predicted molar refractivity (Wildman–Crippen MR) is 105 cm³/mol. The van der Waals surface area contributed by atoms with Gasteiger partial charge in [0.1, 0.15) is 11.8 Å². The number of imide groups is 1. The average molecular weight is 456 g/mol. The van der Waals surface area contributed by atoms with Crippen molar-refractivity contribution >= 4 is 17.6 Å². The van der Waals surface area contributed by atoms with E-state index in [0.29, 0.717) is 23.3 Å². The molecule has 5 rings (SSSR count). The molecule has 168 valence electrons. The number of urea groups is 1. The maximum atomic E-state index is 12.6. The first kappa shape index (κ1) is 20.7. The maximum absolute atomic E-state index is 12.6. The van der Waals surface area contributed by atoms with Crippen molar-refractivity contribution in [1.29, 1.82) is 5.26 Å². The fraction of sp³-hybridized carbons (Fsp3) is 0.286. The Balaban J connectivity index is 1.46. The highest BCUT2D eigenvalue weighted by molar-refractivity contribution is 6.00. The van der Waals surface area contributed by atoms with Gasteiger partial charge in [0.15, 0.2) is 5.65 Å². The van der Waals surface area contributed by atoms with E-state index in [1.807, 2.05) is 0 Å². The van der Waals surface area contributed by atoms with Gasteiger partial charge in [-0.25, -0.2) is 14.3 Å². The van der Waals surface area contributed by atoms with Crippen molar-refractivity contribution in [2.45, 2.75) is 30.5 Å². The number of hydrogen-bond donors (Lipinski definition) is 2. The molecule has 1 unspecified atom stereocenters. The molecule has 1 saturated heterocycles. The standard InChI is InChI=1S/C21H15F3N6O3/c22-21(23,24)33-17-2-1-10(5-11(17)8-25)12-6-13(12)14-7-16(29-30-4-3-26-18(14)30)15-9-27-20(32)28-19(15)31/h1-5,7,12-13,15H,6,9H2,(H2,27,28,31,32)/t12-,13+,15?/m1/s1. The van der Waals surface area contributed by atoms with E-state index >= 15 is 0 Å². The highest BCUT2D eigenvalue weighted by atomic mass is 19.4. The molecule has 1 aromatic carbocycles. The summed E-state index contributed by atoms with van der Waals surface area (Å²) in [6, 6.07) is 7.04. The number of benzene rings is 1. The lowest BCUT2D eigenvalue weighted by atomic mass is 9.98. The second-order valence-corrected chi connectivity index (χ2v) is 7.84. The van der Waals surface area contributed by atoms with E-state index in [0.717, 1.165) is 11.6 Å². The molecular formula is C21H15F3N6O3. The van der Waals surface area contributed by atoms with Crippen molar-refractivity contribution < 1.29 is 27.5 Å². The Hall–Kier alpha value is -4.14. The summed E-state index contributed by atoms with van der Waals surface area (Å²) >= 11 is 0. The molecule has 2 aliphatic rings. The summed E-state index contributed by atoms with van der Waals surface area (Å²) in [5.74, 6) is -1.75. The van der Waals surface area contributed by atoms with Gasteiger partial charge in [0, 0.05) is 24.5 Å². The van der Waals surface area contributed by atoms with Crippen LogP contribution in [0.5, 0.6) is 5.75 Å². The zero-order chi connectivity index (χ0) is 23.3. The number of imidazole rings is 1. The van der Waals surface area contributed by atoms with Crippen LogP contribution < -0.4 is 15.4 Å². The molecule has 3 atom stereocenters. The van der Waals surface area contributed by atoms with E-state index < -0.39 is 30.0 Å². The lowest BCUT2D eigenvalue weighted by molar-refractivity contribution is -0.274. The van der Waals surface area contributed by atoms with Crippen LogP contribution >= 0.6 is 0 Å². The molecule has 1 saturated carbocycles. The zero-order valence-electron chi connectivity index (χ0n) is 16.8. The molecule has 3 amide bonds. The molecule has 0 radical (unpaired) electrons. The van der Waals surface area contributed by atoms with Crippen LogP contribution in [0, 0.1) is 11.3 Å². The summed E-state index contributed by atoms with van der Waals surface area (Å²) in [5, 5.41) is 18.5. The van der Waals surface area contributed by atoms with E-state index in [1.54, 1.807) is 29.0 Å². The molecule has 3 aromatic rings. The first-order valence-electron chi connectivity index (χ1n) is 9.96. The molecule has 1 aliphatic carbocycles. The van der Waals surface area contributed by atoms with Crippen LogP contribution in [0.1, 0.15) is 46.6 Å². The fourth-order valence-corrected chi connectivity index (χ4v) is 4.16. The quantitative estimate of drug-likeness (QED) is 0.623. The second-order valence-electron chi connectivity index (χ2n) is 7.84. The van der Waals surface area contributed by atoms with Crippen LogP contribution in [0.2, 0.25) is 0 Å². The van der Waals surface area contributed by atoms with Gasteiger partial charge < -0.3 is 10.1 Å². The minimum Gasteiger partial charge on any atom is -0.404 e. The maximum Gasteiger partial charge on any atom is 0.573 e. The van der Waals surface area contributed by atoms with Crippen molar-refractivity contribution in [2.24, 2.45) is 0 Å². The zero-order valence-corrected chi connectivity index (χ0v) is 16.8. The Morgan fingerprint density at radius 3 is 2.76 bits per heavy atom. The summed E-state index contributed by atoms with van der Waals surface area (Å²) in [7, 11) is 0. The number of carbonyl (C=O) groups excluding carboxylic acids is 2. The lowest BCUT2D eigenvalue weighted by Crippen LogP contribution is -2.51. The monoisotopic (exact) mass is 456 g/mol. The van der Waals surface area contributed by atoms with Crippen molar-refractivity contribution in [3.63, 3.8) is 0 Å². The summed E-state index contributed by atoms with van der Waals surface area (Å²) in [5.41, 5.74) is 2.39. The predicted octanol–water partition coefficient (Wildman–Crippen LogP) is 2.69. The molecule has 9 nitrogen and oxygen atoms in total. The average Bonchev–Trinajstić information content (AvgIpc) is 3.40. The van der Waals surface area contributed by atoms with Gasteiger partial charge in [0.25, 0.3) is 0 Å². The Labute approximate surface area is 184 Å². The smallest absolute Gasteiger partial charge is 0.404 e. The van der Waals surface area contributed by atoms with Gasteiger partial charge in [-0.05, 0) is 42.0 Å². The van der Waals surface area contributed by atoms with Gasteiger partial charge in [0.05, 0.1) is 17.2 Å². The first-order valence-corrected chi connectivity index (χ1v) is 9.96. The third-order valence-electron chi connectivity index (χ3n) is 5.75. The second kappa shape index (κ2) is 7.47. The van der Waals surface area contributed by atoms with Crippen molar-refractivity contribution in [3.05, 3.63) is 59.0 Å². The largest absolute Gasteiger partial charge is 0.573 e. The van der Waals surface area contributed by atoms with Crippen LogP contribution in [-0.4, -0.2) is 39.4 Å². The number of amides is 3. The minimum atomic E-state index is -4.89. The van der Waals surface area contributed by atoms with Crippen molar-refractivity contribution in [3.8, 4) is 11.8 Å². The van der Waals surface area contributed by atoms with Crippen LogP contribution in [0.25, 0.3) is 5.65 Å². The Morgan fingerprint density at radius 2 is 2.03 bits per heavy atom. The number of aromatic nitrogens is 3. The topological polar surface area (TPSA) is 121 Å². The molecule has 12 heteroatoms. The van der Waals surface area contributed by atoms with E-state index in [4.69, 9.17) is 0 Å². The molecule has 2 N–H and O–H groups in total. The molecule has 0 bridgehead atoms. The molecule has 2 aromatic heterocycles. The van der Waals surface area contributed by atoms with Crippen molar-refractivity contribution in [2.75, 3.05) is 6.54 Å². The fourth-order valence-electron chi connectivity index (χ4n) is 4.16. The first-order chi connectivity index (χ1) is 15.7. The summed E-state index contributed by atoms with van der Waals surface area (Å²) < 4.78 is 43.2. The van der Waals surface area contributed by atoms with Crippen LogP contribution in [-0.2, 0) is 4.79 Å². The van der Waals surface area contributed by atoms with E-state index in [2.05, 4.69) is 25.5 Å². The van der Waals surface area contributed by atoms with Crippen molar-refractivity contribution in [1.82, 2.24) is 25.2 Å². The van der Waals surface area contributed by atoms with Gasteiger partial charge in [-0.15, -0.1) is 13.2 Å². The van der Waals surface area contributed by atoms with Gasteiger partial charge in [0.2, 0.25) is 5.91 Å². The molecule has 3 heterocycles. The van der Waals surface area contributed by atoms with Gasteiger partial charge >= 0.3 is 12.4 Å². The number of nitrogens with one attached hydrogen (secondary N) is 2. The Bertz CT molecular complexity index is 1330. The Morgan fingerprint density at radius 1 is 1.21 bits per heavy atom. The highest BCUT2D eigenvalue weighted by Gasteiger charge is 2.42. The van der Waals surface area contributed by atoms with Crippen LogP contribution in [0.3, 0.4) is 0 Å². The van der Waals surface area contributed by atoms with E-state index in [-0.39, 0.29) is 23.9 Å². The van der Waals surface area contributed by atoms with Crippen LogP contribution in [0.4, 0.5) is 18.0 Å². The summed E-state index contributed by atoms with van der Waals surface area (Å²) in [4.78, 5) is 28.0. The summed E-state index contributed by atoms with van der Waals surface area (Å²) in [6.45, 7) is 0.109. The number of nitrogens with zero attached hydrogens (tertiary/aromatic N) is 4. The highest BCUT2D eigenvalue weighted by Crippen LogP contribution is 2.56. The number of hydrogen-bond acceptors (Lipinski definition) is 6. The molecule has 1 aliphatic heterocycles. The molecule has 33 heavy (non-hydrogen) atoms. The van der Waals surface area contributed by atoms with Gasteiger partial charge in [-0.3, -0.25) is 10.1 Å².